The number of para-hydroxylation sites is 1. The van der Waals surface area contributed by atoms with Gasteiger partial charge in [-0.15, -0.1) is 0 Å². The van der Waals surface area contributed by atoms with Crippen molar-refractivity contribution in [2.75, 3.05) is 0 Å². The van der Waals surface area contributed by atoms with Crippen LogP contribution < -0.4 is 11.5 Å². The van der Waals surface area contributed by atoms with Gasteiger partial charge in [0.15, 0.2) is 11.8 Å². The highest BCUT2D eigenvalue weighted by atomic mass is 79.9. The third kappa shape index (κ3) is 2.31. The Morgan fingerprint density at radius 3 is 2.53 bits per heavy atom. The molecule has 1 aromatic carbocycles. The van der Waals surface area contributed by atoms with Crippen molar-refractivity contribution in [2.24, 2.45) is 16.5 Å². The summed E-state index contributed by atoms with van der Waals surface area (Å²) < 4.78 is 2.48. The number of aromatic nitrogens is 2. The van der Waals surface area contributed by atoms with Crippen molar-refractivity contribution in [2.45, 2.75) is 6.92 Å². The van der Waals surface area contributed by atoms with Crippen molar-refractivity contribution in [3.8, 4) is 5.69 Å². The fraction of sp³-hybridized carbons (Fsp3) is 0.0909. The average molecular weight is 294 g/mol. The van der Waals surface area contributed by atoms with Crippen molar-refractivity contribution < 1.29 is 0 Å². The zero-order valence-corrected chi connectivity index (χ0v) is 10.8. The summed E-state index contributed by atoms with van der Waals surface area (Å²) in [7, 11) is 0. The van der Waals surface area contributed by atoms with Crippen molar-refractivity contribution >= 4 is 27.7 Å². The van der Waals surface area contributed by atoms with E-state index in [-0.39, 0.29) is 5.96 Å². The Kier molecular flexibility index (Phi) is 3.14. The lowest BCUT2D eigenvalue weighted by Crippen LogP contribution is -2.22. The molecule has 88 valence electrons. The van der Waals surface area contributed by atoms with E-state index in [1.807, 2.05) is 37.3 Å². The Balaban J connectivity index is 2.63. The van der Waals surface area contributed by atoms with Gasteiger partial charge in [-0.25, -0.2) is 4.68 Å². The Morgan fingerprint density at radius 2 is 1.94 bits per heavy atom. The molecule has 0 bridgehead atoms. The number of rotatable bonds is 2. The summed E-state index contributed by atoms with van der Waals surface area (Å²) in [5.74, 6) is 0.594. The standard InChI is InChI=1S/C11H12BrN5/c1-7-9(12)10(15-11(13)14)17(16-7)8-5-3-2-4-6-8/h2-6H,1H3,(H4,13,14,15). The second-order valence-electron chi connectivity index (χ2n) is 3.51. The molecule has 0 saturated heterocycles. The van der Waals surface area contributed by atoms with Crippen molar-refractivity contribution in [1.29, 1.82) is 0 Å². The molecule has 17 heavy (non-hydrogen) atoms. The van der Waals surface area contributed by atoms with Crippen LogP contribution in [-0.4, -0.2) is 15.7 Å². The van der Waals surface area contributed by atoms with E-state index < -0.39 is 0 Å². The fourth-order valence-corrected chi connectivity index (χ4v) is 1.80. The van der Waals surface area contributed by atoms with Crippen molar-refractivity contribution in [3.63, 3.8) is 0 Å². The highest BCUT2D eigenvalue weighted by Crippen LogP contribution is 2.30. The molecule has 0 spiro atoms. The van der Waals surface area contributed by atoms with Crippen molar-refractivity contribution in [1.82, 2.24) is 9.78 Å². The topological polar surface area (TPSA) is 82.2 Å². The van der Waals surface area contributed by atoms with Crippen LogP contribution in [0.1, 0.15) is 5.69 Å². The van der Waals surface area contributed by atoms with Crippen LogP contribution in [0.5, 0.6) is 0 Å². The number of nitrogens with two attached hydrogens (primary N) is 2. The first-order chi connectivity index (χ1) is 8.09. The Bertz CT molecular complexity index is 555. The van der Waals surface area contributed by atoms with Crippen LogP contribution in [0.3, 0.4) is 0 Å². The third-order valence-corrected chi connectivity index (χ3v) is 3.13. The molecule has 0 atom stereocenters. The van der Waals surface area contributed by atoms with Crippen LogP contribution in [0.15, 0.2) is 39.8 Å². The van der Waals surface area contributed by atoms with E-state index in [2.05, 4.69) is 26.0 Å². The number of aryl methyl sites for hydroxylation is 1. The van der Waals surface area contributed by atoms with Gasteiger partial charge < -0.3 is 11.5 Å². The van der Waals surface area contributed by atoms with E-state index in [0.29, 0.717) is 5.82 Å². The van der Waals surface area contributed by atoms with E-state index in [1.54, 1.807) is 4.68 Å². The van der Waals surface area contributed by atoms with Gasteiger partial charge in [-0.2, -0.15) is 10.1 Å². The summed E-state index contributed by atoms with van der Waals surface area (Å²) in [6.45, 7) is 1.88. The highest BCUT2D eigenvalue weighted by molar-refractivity contribution is 9.10. The lowest BCUT2D eigenvalue weighted by atomic mass is 10.3. The molecule has 0 aliphatic rings. The van der Waals surface area contributed by atoms with Gasteiger partial charge in [0.05, 0.1) is 15.9 Å². The first-order valence-electron chi connectivity index (χ1n) is 5.00. The van der Waals surface area contributed by atoms with Crippen LogP contribution in [0, 0.1) is 6.92 Å². The number of hydrogen-bond donors (Lipinski definition) is 2. The fourth-order valence-electron chi connectivity index (χ4n) is 1.46. The van der Waals surface area contributed by atoms with E-state index in [9.17, 15) is 0 Å². The lowest BCUT2D eigenvalue weighted by molar-refractivity contribution is 0.862. The molecule has 0 unspecified atom stereocenters. The largest absolute Gasteiger partial charge is 0.370 e. The highest BCUT2D eigenvalue weighted by Gasteiger charge is 2.13. The maximum atomic E-state index is 5.42. The Morgan fingerprint density at radius 1 is 1.29 bits per heavy atom. The van der Waals surface area contributed by atoms with E-state index in [1.165, 1.54) is 0 Å². The first kappa shape index (κ1) is 11.7. The van der Waals surface area contributed by atoms with Gasteiger partial charge in [0.1, 0.15) is 0 Å². The Labute approximate surface area is 107 Å². The number of hydrogen-bond acceptors (Lipinski definition) is 2. The van der Waals surface area contributed by atoms with Gasteiger partial charge >= 0.3 is 0 Å². The molecule has 0 saturated carbocycles. The molecule has 6 heteroatoms. The molecular formula is C11H12BrN5. The predicted molar refractivity (Wildman–Crippen MR) is 71.5 cm³/mol. The zero-order valence-electron chi connectivity index (χ0n) is 9.26. The maximum Gasteiger partial charge on any atom is 0.192 e. The van der Waals surface area contributed by atoms with Crippen molar-refractivity contribution in [3.05, 3.63) is 40.5 Å². The molecule has 0 fully saturated rings. The Hall–Kier alpha value is -1.82. The van der Waals surface area contributed by atoms with E-state index in [4.69, 9.17) is 11.5 Å². The van der Waals surface area contributed by atoms with E-state index >= 15 is 0 Å². The molecule has 0 aliphatic carbocycles. The lowest BCUT2D eigenvalue weighted by Gasteiger charge is -2.03. The van der Waals surface area contributed by atoms with Crippen LogP contribution in [0.25, 0.3) is 5.69 Å². The minimum Gasteiger partial charge on any atom is -0.370 e. The molecule has 1 aromatic heterocycles. The van der Waals surface area contributed by atoms with E-state index in [0.717, 1.165) is 15.9 Å². The quantitative estimate of drug-likeness (QED) is 0.655. The van der Waals surface area contributed by atoms with Gasteiger partial charge in [-0.05, 0) is 35.0 Å². The number of nitrogens with zero attached hydrogens (tertiary/aromatic N) is 3. The molecule has 1 heterocycles. The van der Waals surface area contributed by atoms with Gasteiger partial charge in [-0.3, -0.25) is 0 Å². The average Bonchev–Trinajstić information content (AvgIpc) is 2.58. The van der Waals surface area contributed by atoms with Gasteiger partial charge in [0.25, 0.3) is 0 Å². The number of guanidine groups is 1. The molecule has 0 amide bonds. The number of benzene rings is 1. The van der Waals surface area contributed by atoms with Gasteiger partial charge in [0.2, 0.25) is 0 Å². The summed E-state index contributed by atoms with van der Waals surface area (Å²) in [5, 5.41) is 4.39. The SMILES string of the molecule is Cc1nn(-c2ccccc2)c(N=C(N)N)c1Br. The van der Waals surface area contributed by atoms with Crippen LogP contribution in [0.4, 0.5) is 5.82 Å². The minimum atomic E-state index is 0.00258. The monoisotopic (exact) mass is 293 g/mol. The molecular weight excluding hydrogens is 282 g/mol. The summed E-state index contributed by atoms with van der Waals surface area (Å²) in [6, 6.07) is 9.67. The summed E-state index contributed by atoms with van der Waals surface area (Å²) >= 11 is 3.43. The molecule has 2 aromatic rings. The van der Waals surface area contributed by atoms with Crippen LogP contribution in [-0.2, 0) is 0 Å². The van der Waals surface area contributed by atoms with Gasteiger partial charge in [0, 0.05) is 0 Å². The second-order valence-corrected chi connectivity index (χ2v) is 4.30. The second kappa shape index (κ2) is 4.58. The van der Waals surface area contributed by atoms with Gasteiger partial charge in [-0.1, -0.05) is 18.2 Å². The third-order valence-electron chi connectivity index (χ3n) is 2.20. The first-order valence-corrected chi connectivity index (χ1v) is 5.79. The van der Waals surface area contributed by atoms with Crippen LogP contribution in [0.2, 0.25) is 0 Å². The van der Waals surface area contributed by atoms with Crippen LogP contribution >= 0.6 is 15.9 Å². The smallest absolute Gasteiger partial charge is 0.192 e. The molecule has 5 nitrogen and oxygen atoms in total. The molecule has 0 aliphatic heterocycles. The summed E-state index contributed by atoms with van der Waals surface area (Å²) in [4.78, 5) is 4.08. The normalized spacial score (nSPS) is 10.2. The zero-order chi connectivity index (χ0) is 12.4. The predicted octanol–water partition coefficient (Wildman–Crippen LogP) is 1.85. The number of aliphatic imine (C=N–C) groups is 1. The maximum absolute atomic E-state index is 5.42. The summed E-state index contributed by atoms with van der Waals surface area (Å²) in [6.07, 6.45) is 0. The minimum absolute atomic E-state index is 0.00258. The number of halogens is 1. The molecule has 2 rings (SSSR count). The molecule has 0 radical (unpaired) electrons. The summed E-state index contributed by atoms with van der Waals surface area (Å²) in [5.41, 5.74) is 12.6. The molecule has 4 N–H and O–H groups in total.